The van der Waals surface area contributed by atoms with E-state index in [1.165, 1.54) is 6.20 Å². The molecule has 0 unspecified atom stereocenters. The highest BCUT2D eigenvalue weighted by molar-refractivity contribution is 6.32. The maximum atomic E-state index is 11.9. The summed E-state index contributed by atoms with van der Waals surface area (Å²) in [6.45, 7) is 4.77. The van der Waals surface area contributed by atoms with Gasteiger partial charge in [0.2, 0.25) is 5.88 Å². The van der Waals surface area contributed by atoms with Crippen LogP contribution in [0.5, 0.6) is 5.88 Å². The van der Waals surface area contributed by atoms with Crippen molar-refractivity contribution in [2.24, 2.45) is 4.99 Å². The average Bonchev–Trinajstić information content (AvgIpc) is 2.69. The Morgan fingerprint density at radius 2 is 1.78 bits per heavy atom. The summed E-state index contributed by atoms with van der Waals surface area (Å²) in [7, 11) is 0. The van der Waals surface area contributed by atoms with Gasteiger partial charge in [-0.2, -0.15) is 5.10 Å². The predicted molar refractivity (Wildman–Crippen MR) is 100 cm³/mol. The van der Waals surface area contributed by atoms with Crippen LogP contribution < -0.4 is 10.1 Å². The summed E-state index contributed by atoms with van der Waals surface area (Å²) in [5.41, 5.74) is 0.820. The van der Waals surface area contributed by atoms with E-state index in [1.54, 1.807) is 10.7 Å². The van der Waals surface area contributed by atoms with Crippen molar-refractivity contribution >= 4 is 11.9 Å². The van der Waals surface area contributed by atoms with Crippen molar-refractivity contribution in [3.63, 3.8) is 0 Å². The topological polar surface area (TPSA) is 82.8 Å². The fourth-order valence-corrected chi connectivity index (χ4v) is 2.18. The van der Waals surface area contributed by atoms with Crippen LogP contribution in [0.3, 0.4) is 0 Å². The molecule has 0 saturated heterocycles. The lowest BCUT2D eigenvalue weighted by atomic mass is 10.3. The lowest BCUT2D eigenvalue weighted by Crippen LogP contribution is -2.20. The first-order valence-electron chi connectivity index (χ1n) is 9.19. The smallest absolute Gasteiger partial charge is 0.399 e. The number of para-hydroxylation sites is 1. The molecule has 0 fully saturated rings. The highest BCUT2D eigenvalue weighted by Gasteiger charge is 2.14. The number of ether oxygens (including phenoxy) is 2. The molecule has 0 N–H and O–H groups in total. The third-order valence-electron chi connectivity index (χ3n) is 3.67. The molecule has 1 heterocycles. The van der Waals surface area contributed by atoms with Gasteiger partial charge in [-0.05, 0) is 25.0 Å². The third kappa shape index (κ3) is 6.36. The summed E-state index contributed by atoms with van der Waals surface area (Å²) in [4.78, 5) is 27.4. The number of carbonyl (C=O) groups excluding carboxylic acids is 2. The molecule has 0 aliphatic rings. The SMILES string of the molecule is CCCCOC(=O)C(=O)N=c1cnn(-c2ccccc2)c(OCCCC)c1. The van der Waals surface area contributed by atoms with Crippen molar-refractivity contribution in [2.45, 2.75) is 39.5 Å². The van der Waals surface area contributed by atoms with Gasteiger partial charge >= 0.3 is 11.9 Å². The summed E-state index contributed by atoms with van der Waals surface area (Å²) >= 11 is 0. The molecule has 1 aromatic carbocycles. The Morgan fingerprint density at radius 1 is 1.07 bits per heavy atom. The predicted octanol–water partition coefficient (Wildman–Crippen LogP) is 2.82. The van der Waals surface area contributed by atoms with Crippen molar-refractivity contribution in [2.75, 3.05) is 13.2 Å². The Hall–Kier alpha value is -2.96. The molecule has 1 aromatic heterocycles. The van der Waals surface area contributed by atoms with Crippen molar-refractivity contribution in [3.05, 3.63) is 48.0 Å². The largest absolute Gasteiger partial charge is 0.478 e. The molecular formula is C20H25N3O4. The summed E-state index contributed by atoms with van der Waals surface area (Å²) in [5.74, 6) is -1.47. The first kappa shape index (κ1) is 20.4. The molecular weight excluding hydrogens is 346 g/mol. The van der Waals surface area contributed by atoms with Crippen LogP contribution in [0.15, 0.2) is 47.6 Å². The summed E-state index contributed by atoms with van der Waals surface area (Å²) < 4.78 is 12.3. The van der Waals surface area contributed by atoms with Crippen LogP contribution in [0.1, 0.15) is 39.5 Å². The highest BCUT2D eigenvalue weighted by Crippen LogP contribution is 2.14. The second-order valence-corrected chi connectivity index (χ2v) is 5.91. The summed E-state index contributed by atoms with van der Waals surface area (Å²) in [5, 5.41) is 4.55. The quantitative estimate of drug-likeness (QED) is 0.405. The van der Waals surface area contributed by atoms with Crippen LogP contribution in [-0.4, -0.2) is 34.9 Å². The molecule has 27 heavy (non-hydrogen) atoms. The second kappa shape index (κ2) is 10.9. The van der Waals surface area contributed by atoms with Crippen LogP contribution in [0.4, 0.5) is 0 Å². The Balaban J connectivity index is 2.26. The summed E-state index contributed by atoms with van der Waals surface area (Å²) in [6, 6.07) is 11.1. The van der Waals surface area contributed by atoms with E-state index >= 15 is 0 Å². The fourth-order valence-electron chi connectivity index (χ4n) is 2.18. The molecule has 2 aromatic rings. The van der Waals surface area contributed by atoms with E-state index in [0.29, 0.717) is 18.9 Å². The van der Waals surface area contributed by atoms with Crippen LogP contribution in [-0.2, 0) is 14.3 Å². The number of hydrogen-bond donors (Lipinski definition) is 0. The Kier molecular flexibility index (Phi) is 8.22. The maximum Gasteiger partial charge on any atom is 0.399 e. The van der Waals surface area contributed by atoms with Gasteiger partial charge in [-0.25, -0.2) is 14.5 Å². The number of benzene rings is 1. The molecule has 7 heteroatoms. The van der Waals surface area contributed by atoms with Gasteiger partial charge in [0.15, 0.2) is 0 Å². The van der Waals surface area contributed by atoms with Gasteiger partial charge < -0.3 is 9.47 Å². The number of hydrogen-bond acceptors (Lipinski definition) is 5. The standard InChI is InChI=1S/C20H25N3O4/c1-3-5-12-26-18-14-16(22-19(24)20(25)27-13-6-4-2)15-21-23(18)17-10-8-7-9-11-17/h7-11,14-15H,3-6,12-13H2,1-2H3. The molecule has 0 bridgehead atoms. The molecule has 1 amide bonds. The average molecular weight is 371 g/mol. The fraction of sp³-hybridized carbons (Fsp3) is 0.400. The van der Waals surface area contributed by atoms with Crippen LogP contribution >= 0.6 is 0 Å². The minimum absolute atomic E-state index is 0.211. The lowest BCUT2D eigenvalue weighted by Gasteiger charge is -2.13. The highest BCUT2D eigenvalue weighted by atomic mass is 16.5. The first-order valence-corrected chi connectivity index (χ1v) is 9.19. The molecule has 144 valence electrons. The molecule has 0 atom stereocenters. The first-order chi connectivity index (χ1) is 13.2. The maximum absolute atomic E-state index is 11.9. The number of carbonyl (C=O) groups is 2. The number of aromatic nitrogens is 2. The minimum atomic E-state index is -0.961. The van der Waals surface area contributed by atoms with Crippen molar-refractivity contribution < 1.29 is 19.1 Å². The van der Waals surface area contributed by atoms with E-state index in [4.69, 9.17) is 9.47 Å². The van der Waals surface area contributed by atoms with Crippen molar-refractivity contribution in [1.82, 2.24) is 9.78 Å². The molecule has 0 aliphatic heterocycles. The normalized spacial score (nSPS) is 11.3. The third-order valence-corrected chi connectivity index (χ3v) is 3.67. The van der Waals surface area contributed by atoms with Gasteiger partial charge in [0.25, 0.3) is 0 Å². The number of rotatable bonds is 8. The molecule has 0 spiro atoms. The van der Waals surface area contributed by atoms with E-state index < -0.39 is 11.9 Å². The van der Waals surface area contributed by atoms with Gasteiger partial charge in [0.05, 0.1) is 30.5 Å². The zero-order valence-electron chi connectivity index (χ0n) is 15.8. The second-order valence-electron chi connectivity index (χ2n) is 5.91. The van der Waals surface area contributed by atoms with Crippen LogP contribution in [0.2, 0.25) is 0 Å². The number of unbranched alkanes of at least 4 members (excludes halogenated alkanes) is 2. The van der Waals surface area contributed by atoms with Gasteiger partial charge in [0, 0.05) is 6.07 Å². The van der Waals surface area contributed by atoms with Gasteiger partial charge in [-0.1, -0.05) is 44.9 Å². The Bertz CT molecular complexity index is 815. The number of nitrogens with zero attached hydrogens (tertiary/aromatic N) is 3. The van der Waals surface area contributed by atoms with Crippen molar-refractivity contribution in [3.8, 4) is 11.6 Å². The minimum Gasteiger partial charge on any atom is -0.478 e. The molecule has 0 radical (unpaired) electrons. The Morgan fingerprint density at radius 3 is 2.48 bits per heavy atom. The summed E-state index contributed by atoms with van der Waals surface area (Å²) in [6.07, 6.45) is 4.87. The molecule has 2 rings (SSSR count). The van der Waals surface area contributed by atoms with Gasteiger partial charge in [-0.3, -0.25) is 4.79 Å². The van der Waals surface area contributed by atoms with Crippen LogP contribution in [0.25, 0.3) is 5.69 Å². The van der Waals surface area contributed by atoms with E-state index in [9.17, 15) is 9.59 Å². The number of esters is 1. The molecule has 7 nitrogen and oxygen atoms in total. The zero-order chi connectivity index (χ0) is 19.5. The number of amides is 1. The van der Waals surface area contributed by atoms with Gasteiger partial charge in [-0.15, -0.1) is 0 Å². The van der Waals surface area contributed by atoms with E-state index in [-0.39, 0.29) is 12.0 Å². The monoisotopic (exact) mass is 371 g/mol. The van der Waals surface area contributed by atoms with Crippen LogP contribution in [0, 0.1) is 0 Å². The Labute approximate surface area is 158 Å². The van der Waals surface area contributed by atoms with Crippen molar-refractivity contribution in [1.29, 1.82) is 0 Å². The molecule has 0 aliphatic carbocycles. The van der Waals surface area contributed by atoms with E-state index in [2.05, 4.69) is 17.0 Å². The van der Waals surface area contributed by atoms with E-state index in [0.717, 1.165) is 24.9 Å². The molecule has 0 saturated carbocycles. The van der Waals surface area contributed by atoms with Gasteiger partial charge in [0.1, 0.15) is 0 Å². The lowest BCUT2D eigenvalue weighted by molar-refractivity contribution is -0.153. The zero-order valence-corrected chi connectivity index (χ0v) is 15.8. The van der Waals surface area contributed by atoms with E-state index in [1.807, 2.05) is 37.3 Å².